The van der Waals surface area contributed by atoms with Gasteiger partial charge >= 0.3 is 12.1 Å². The van der Waals surface area contributed by atoms with Gasteiger partial charge in [-0.15, -0.1) is 11.3 Å². The highest BCUT2D eigenvalue weighted by atomic mass is 32.2. The van der Waals surface area contributed by atoms with Crippen molar-refractivity contribution in [2.45, 2.75) is 43.9 Å². The molecule has 2 atom stereocenters. The van der Waals surface area contributed by atoms with E-state index in [1.165, 1.54) is 58.4 Å². The fourth-order valence-corrected chi connectivity index (χ4v) is 6.89. The van der Waals surface area contributed by atoms with Crippen LogP contribution in [0.25, 0.3) is 11.1 Å². The van der Waals surface area contributed by atoms with Crippen LogP contribution < -0.4 is 10.6 Å². The van der Waals surface area contributed by atoms with Gasteiger partial charge in [0.1, 0.15) is 12.1 Å². The van der Waals surface area contributed by atoms with Gasteiger partial charge in [0.05, 0.1) is 27.4 Å². The van der Waals surface area contributed by atoms with Crippen LogP contribution in [0, 0.1) is 5.92 Å². The summed E-state index contributed by atoms with van der Waals surface area (Å²) in [6.45, 7) is 3.52. The van der Waals surface area contributed by atoms with Crippen LogP contribution in [0.4, 0.5) is 10.8 Å². The summed E-state index contributed by atoms with van der Waals surface area (Å²) in [5, 5.41) is 16.7. The van der Waals surface area contributed by atoms with Crippen molar-refractivity contribution in [3.05, 3.63) is 101 Å². The molecule has 0 bridgehead atoms. The molecule has 5 aromatic rings. The zero-order valence-corrected chi connectivity index (χ0v) is 27.3. The molecular formula is C32H34N6O7S2. The van der Waals surface area contributed by atoms with E-state index in [0.29, 0.717) is 11.1 Å². The number of alkyl carbamates (subject to hydrolysis) is 1. The van der Waals surface area contributed by atoms with Crippen molar-refractivity contribution >= 4 is 50.5 Å². The minimum atomic E-state index is -4.17. The predicted molar refractivity (Wildman–Crippen MR) is 175 cm³/mol. The molecule has 15 heteroatoms. The topological polar surface area (TPSA) is 177 Å². The van der Waals surface area contributed by atoms with E-state index in [0.717, 1.165) is 10.4 Å². The summed E-state index contributed by atoms with van der Waals surface area (Å²) in [5.41, 5.74) is 3.30. The number of oxazole rings is 1. The summed E-state index contributed by atoms with van der Waals surface area (Å²) < 4.78 is 40.2. The number of nitrogens with one attached hydrogen (secondary N) is 2. The number of carbonyl (C=O) groups is 2. The number of benzene rings is 2. The summed E-state index contributed by atoms with van der Waals surface area (Å²) in [6.07, 6.45) is 2.73. The number of amides is 2. The zero-order valence-electron chi connectivity index (χ0n) is 25.6. The summed E-state index contributed by atoms with van der Waals surface area (Å²) in [4.78, 5) is 38.1. The Hall–Kier alpha value is -4.70. The number of pyridine rings is 1. The maximum absolute atomic E-state index is 14.0. The fourth-order valence-electron chi connectivity index (χ4n) is 4.75. The van der Waals surface area contributed by atoms with E-state index in [9.17, 15) is 23.1 Å². The first-order valence-corrected chi connectivity index (χ1v) is 17.0. The van der Waals surface area contributed by atoms with Crippen LogP contribution in [-0.4, -0.2) is 70.0 Å². The summed E-state index contributed by atoms with van der Waals surface area (Å²) in [7, 11) is -4.17. The Morgan fingerprint density at radius 1 is 1.04 bits per heavy atom. The highest BCUT2D eigenvalue weighted by molar-refractivity contribution is 7.89. The van der Waals surface area contributed by atoms with Gasteiger partial charge in [-0.3, -0.25) is 20.1 Å². The van der Waals surface area contributed by atoms with Gasteiger partial charge < -0.3 is 19.6 Å². The van der Waals surface area contributed by atoms with Crippen LogP contribution in [0.15, 0.2) is 94.1 Å². The average molecular weight is 679 g/mol. The molecule has 13 nitrogen and oxygen atoms in total. The van der Waals surface area contributed by atoms with Gasteiger partial charge in [-0.05, 0) is 42.2 Å². The largest absolute Gasteiger partial charge is 0.444 e. The normalized spacial score (nSPS) is 13.0. The molecule has 0 aliphatic rings. The first-order chi connectivity index (χ1) is 22.6. The molecule has 0 spiro atoms. The maximum atomic E-state index is 14.0. The number of rotatable bonds is 14. The molecule has 3 N–H and O–H groups in total. The van der Waals surface area contributed by atoms with Gasteiger partial charge in [0.2, 0.25) is 10.0 Å². The Kier molecular flexibility index (Phi) is 10.9. The van der Waals surface area contributed by atoms with Crippen LogP contribution in [0.3, 0.4) is 0 Å². The van der Waals surface area contributed by atoms with Gasteiger partial charge in [0.15, 0.2) is 5.58 Å². The highest BCUT2D eigenvalue weighted by Crippen LogP contribution is 2.26. The molecule has 246 valence electrons. The summed E-state index contributed by atoms with van der Waals surface area (Å²) >= 11 is 1.34. The van der Waals surface area contributed by atoms with Gasteiger partial charge in [0, 0.05) is 43.3 Å². The van der Waals surface area contributed by atoms with E-state index in [1.54, 1.807) is 11.7 Å². The number of hydrogen-bond donors (Lipinski definition) is 3. The number of aliphatic hydroxyl groups excluding tert-OH is 1. The molecule has 0 fully saturated rings. The number of anilines is 1. The Morgan fingerprint density at radius 3 is 2.51 bits per heavy atom. The Balaban J connectivity index is 1.34. The molecule has 2 unspecified atom stereocenters. The smallest absolute Gasteiger partial charge is 0.407 e. The Morgan fingerprint density at radius 2 is 1.81 bits per heavy atom. The van der Waals surface area contributed by atoms with Crippen LogP contribution in [-0.2, 0) is 27.8 Å². The number of aliphatic hydroxyl groups is 1. The van der Waals surface area contributed by atoms with Crippen molar-refractivity contribution < 1.29 is 32.3 Å². The minimum Gasteiger partial charge on any atom is -0.444 e. The van der Waals surface area contributed by atoms with Crippen LogP contribution in [0.1, 0.15) is 34.6 Å². The third-order valence-electron chi connectivity index (χ3n) is 7.02. The van der Waals surface area contributed by atoms with Crippen molar-refractivity contribution in [2.24, 2.45) is 5.92 Å². The lowest BCUT2D eigenvalue weighted by atomic mass is 10.0. The summed E-state index contributed by atoms with van der Waals surface area (Å²) in [6, 6.07) is 15.5. The third-order valence-corrected chi connectivity index (χ3v) is 9.60. The Labute approximate surface area is 275 Å². The number of carbonyl (C=O) groups excluding carboxylic acids is 2. The molecule has 0 saturated heterocycles. The number of hydrogen-bond acceptors (Lipinski definition) is 11. The highest BCUT2D eigenvalue weighted by Gasteiger charge is 2.32. The molecule has 0 saturated carbocycles. The average Bonchev–Trinajstić information content (AvgIpc) is 3.73. The lowest BCUT2D eigenvalue weighted by Gasteiger charge is -2.30. The van der Waals surface area contributed by atoms with E-state index in [-0.39, 0.29) is 48.5 Å². The molecule has 3 heterocycles. The quantitative estimate of drug-likeness (QED) is 0.152. The minimum absolute atomic E-state index is 0.0117. The molecular weight excluding hydrogens is 645 g/mol. The van der Waals surface area contributed by atoms with E-state index >= 15 is 0 Å². The molecule has 47 heavy (non-hydrogen) atoms. The lowest BCUT2D eigenvalue weighted by Crippen LogP contribution is -2.51. The van der Waals surface area contributed by atoms with Crippen LogP contribution in [0.2, 0.25) is 0 Å². The lowest BCUT2D eigenvalue weighted by molar-refractivity contribution is 0.0876. The SMILES string of the molecule is CC(C)CN(CC(O)C(Cc1ccccc1)NC(=O)OCc1cncs1)S(=O)(=O)c1ccc2nc(NC(=O)c3ccncc3)oc2c1. The number of fused-ring (bicyclic) bond motifs is 1. The second-order valence-electron chi connectivity index (χ2n) is 11.1. The molecule has 2 aromatic carbocycles. The summed E-state index contributed by atoms with van der Waals surface area (Å²) in [5.74, 6) is -0.555. The van der Waals surface area contributed by atoms with E-state index in [2.05, 4.69) is 25.6 Å². The molecule has 0 aliphatic heterocycles. The van der Waals surface area contributed by atoms with Crippen molar-refractivity contribution in [3.63, 3.8) is 0 Å². The van der Waals surface area contributed by atoms with Gasteiger partial charge in [-0.2, -0.15) is 9.29 Å². The molecule has 5 rings (SSSR count). The van der Waals surface area contributed by atoms with Crippen LogP contribution >= 0.6 is 11.3 Å². The number of nitrogens with zero attached hydrogens (tertiary/aromatic N) is 4. The number of ether oxygens (including phenoxy) is 1. The standard InChI is InChI=1S/C32H34N6O7S2/c1-21(2)17-38(18-28(39)27(14-22-6-4-3-5-7-22)36-32(41)44-19-24-16-34-20-46-24)47(42,43)25-8-9-26-29(15-25)45-31(35-26)37-30(40)23-10-12-33-13-11-23/h3-13,15-16,20-21,27-28,39H,14,17-19H2,1-2H3,(H,36,41)(H,35,37,40). The third kappa shape index (κ3) is 8.98. The predicted octanol–water partition coefficient (Wildman–Crippen LogP) is 4.48. The second-order valence-corrected chi connectivity index (χ2v) is 14.0. The van der Waals surface area contributed by atoms with Crippen molar-refractivity contribution in [3.8, 4) is 0 Å². The monoisotopic (exact) mass is 678 g/mol. The Bertz CT molecular complexity index is 1890. The molecule has 0 aliphatic carbocycles. The molecule has 0 radical (unpaired) electrons. The maximum Gasteiger partial charge on any atom is 0.407 e. The van der Waals surface area contributed by atoms with E-state index < -0.39 is 34.2 Å². The fraction of sp³-hybridized carbons (Fsp3) is 0.281. The van der Waals surface area contributed by atoms with Gasteiger partial charge in [0.25, 0.3) is 5.91 Å². The van der Waals surface area contributed by atoms with Gasteiger partial charge in [-0.1, -0.05) is 44.2 Å². The van der Waals surface area contributed by atoms with E-state index in [4.69, 9.17) is 9.15 Å². The number of aromatic nitrogens is 3. The van der Waals surface area contributed by atoms with Crippen molar-refractivity contribution in [2.75, 3.05) is 18.4 Å². The molecule has 3 aromatic heterocycles. The van der Waals surface area contributed by atoms with E-state index in [1.807, 2.05) is 44.2 Å². The number of thiazole rings is 1. The first-order valence-electron chi connectivity index (χ1n) is 14.7. The zero-order chi connectivity index (χ0) is 33.4. The number of sulfonamides is 1. The van der Waals surface area contributed by atoms with Crippen LogP contribution in [0.5, 0.6) is 0 Å². The van der Waals surface area contributed by atoms with Crippen molar-refractivity contribution in [1.82, 2.24) is 24.6 Å². The second kappa shape index (κ2) is 15.3. The van der Waals surface area contributed by atoms with Crippen molar-refractivity contribution in [1.29, 1.82) is 0 Å². The first kappa shape index (κ1) is 33.7. The molecule has 2 amide bonds. The van der Waals surface area contributed by atoms with Gasteiger partial charge in [-0.25, -0.2) is 13.2 Å².